The van der Waals surface area contributed by atoms with Crippen molar-refractivity contribution in [1.82, 2.24) is 4.98 Å². The maximum Gasteiger partial charge on any atom is 0.258 e. The molecule has 0 atom stereocenters. The molecule has 0 unspecified atom stereocenters. The number of amides is 1. The van der Waals surface area contributed by atoms with Gasteiger partial charge in [0.25, 0.3) is 5.91 Å². The van der Waals surface area contributed by atoms with Gasteiger partial charge in [-0.1, -0.05) is 42.5 Å². The van der Waals surface area contributed by atoms with Crippen LogP contribution in [0.5, 0.6) is 0 Å². The molecule has 3 rings (SSSR count). The standard InChI is InChI=1S/C21H18N4O2/c22-13-17(14-24-20-12-19(26)10-11-23-20)21(27)25-18-8-6-16(7-9-18)15-4-2-1-3-5-15/h1-14H,22H2,(H,23,26)(H,25,27)/b17-13+,24-14+. The lowest BCUT2D eigenvalue weighted by Crippen LogP contribution is -2.16. The molecule has 1 heterocycles. The van der Waals surface area contributed by atoms with Gasteiger partial charge in [-0.25, -0.2) is 4.99 Å². The highest BCUT2D eigenvalue weighted by Gasteiger charge is 2.08. The Morgan fingerprint density at radius 3 is 2.37 bits per heavy atom. The van der Waals surface area contributed by atoms with E-state index in [1.807, 2.05) is 54.6 Å². The largest absolute Gasteiger partial charge is 0.404 e. The van der Waals surface area contributed by atoms with E-state index >= 15 is 0 Å². The number of carbonyl (C=O) groups excluding carboxylic acids is 1. The number of hydrogen-bond acceptors (Lipinski definition) is 4. The van der Waals surface area contributed by atoms with Gasteiger partial charge in [0.15, 0.2) is 5.43 Å². The molecule has 1 amide bonds. The van der Waals surface area contributed by atoms with E-state index < -0.39 is 5.91 Å². The number of nitrogens with two attached hydrogens (primary N) is 1. The fourth-order valence-corrected chi connectivity index (χ4v) is 2.40. The Balaban J connectivity index is 1.69. The molecule has 0 aliphatic heterocycles. The van der Waals surface area contributed by atoms with Gasteiger partial charge < -0.3 is 16.0 Å². The summed E-state index contributed by atoms with van der Waals surface area (Å²) >= 11 is 0. The summed E-state index contributed by atoms with van der Waals surface area (Å²) in [5, 5.41) is 2.77. The molecule has 27 heavy (non-hydrogen) atoms. The summed E-state index contributed by atoms with van der Waals surface area (Å²) in [7, 11) is 0. The molecule has 0 radical (unpaired) electrons. The molecule has 134 valence electrons. The quantitative estimate of drug-likeness (QED) is 0.482. The number of hydrogen-bond donors (Lipinski definition) is 3. The van der Waals surface area contributed by atoms with Crippen molar-refractivity contribution in [2.75, 3.05) is 5.32 Å². The van der Waals surface area contributed by atoms with Crippen LogP contribution in [0.1, 0.15) is 0 Å². The summed E-state index contributed by atoms with van der Waals surface area (Å²) < 4.78 is 0. The third kappa shape index (κ3) is 4.79. The summed E-state index contributed by atoms with van der Waals surface area (Å²) in [6.45, 7) is 0. The van der Waals surface area contributed by atoms with Crippen LogP contribution in [0.3, 0.4) is 0 Å². The Morgan fingerprint density at radius 2 is 1.70 bits per heavy atom. The number of rotatable bonds is 5. The number of nitrogens with one attached hydrogen (secondary N) is 2. The van der Waals surface area contributed by atoms with Crippen molar-refractivity contribution >= 4 is 23.6 Å². The van der Waals surface area contributed by atoms with E-state index in [1.165, 1.54) is 24.5 Å². The number of benzene rings is 2. The lowest BCUT2D eigenvalue weighted by atomic mass is 10.1. The second kappa shape index (κ2) is 8.44. The van der Waals surface area contributed by atoms with E-state index in [0.29, 0.717) is 11.5 Å². The second-order valence-corrected chi connectivity index (χ2v) is 5.69. The third-order valence-electron chi connectivity index (χ3n) is 3.79. The molecule has 6 nitrogen and oxygen atoms in total. The average molecular weight is 358 g/mol. The maximum absolute atomic E-state index is 12.4. The van der Waals surface area contributed by atoms with Gasteiger partial charge in [0.2, 0.25) is 0 Å². The number of anilines is 1. The minimum atomic E-state index is -0.396. The molecular weight excluding hydrogens is 340 g/mol. The van der Waals surface area contributed by atoms with Crippen LogP contribution in [0.4, 0.5) is 11.5 Å². The minimum Gasteiger partial charge on any atom is -0.404 e. The van der Waals surface area contributed by atoms with Crippen LogP contribution in [0, 0.1) is 0 Å². The van der Waals surface area contributed by atoms with Crippen LogP contribution in [-0.2, 0) is 4.79 Å². The zero-order valence-electron chi connectivity index (χ0n) is 14.4. The number of nitrogens with zero attached hydrogens (tertiary/aromatic N) is 1. The SMILES string of the molecule is N/C=C(\C=N\c1cc(=O)cc[nH]1)C(=O)Nc1ccc(-c2ccccc2)cc1. The van der Waals surface area contributed by atoms with Gasteiger partial charge in [-0.05, 0) is 23.3 Å². The van der Waals surface area contributed by atoms with Gasteiger partial charge >= 0.3 is 0 Å². The molecule has 2 aromatic carbocycles. The van der Waals surface area contributed by atoms with Crippen molar-refractivity contribution in [3.8, 4) is 11.1 Å². The lowest BCUT2D eigenvalue weighted by molar-refractivity contribution is -0.112. The number of aliphatic imine (C=N–C) groups is 1. The highest BCUT2D eigenvalue weighted by atomic mass is 16.1. The molecule has 1 aromatic heterocycles. The van der Waals surface area contributed by atoms with Crippen molar-refractivity contribution in [2.24, 2.45) is 10.7 Å². The van der Waals surface area contributed by atoms with Crippen LogP contribution >= 0.6 is 0 Å². The molecule has 3 aromatic rings. The lowest BCUT2D eigenvalue weighted by Gasteiger charge is -2.07. The normalized spacial score (nSPS) is 11.5. The van der Waals surface area contributed by atoms with Crippen molar-refractivity contribution in [2.45, 2.75) is 0 Å². The van der Waals surface area contributed by atoms with Crippen molar-refractivity contribution in [3.63, 3.8) is 0 Å². The summed E-state index contributed by atoms with van der Waals surface area (Å²) in [4.78, 5) is 30.5. The molecule has 0 saturated heterocycles. The predicted octanol–water partition coefficient (Wildman–Crippen LogP) is 3.23. The molecule has 0 fully saturated rings. The van der Waals surface area contributed by atoms with Gasteiger partial charge in [-0.2, -0.15) is 0 Å². The molecular formula is C21H18N4O2. The molecule has 6 heteroatoms. The van der Waals surface area contributed by atoms with E-state index in [4.69, 9.17) is 5.73 Å². The summed E-state index contributed by atoms with van der Waals surface area (Å²) in [6.07, 6.45) is 3.95. The smallest absolute Gasteiger partial charge is 0.258 e. The van der Waals surface area contributed by atoms with Crippen LogP contribution < -0.4 is 16.5 Å². The fourth-order valence-electron chi connectivity index (χ4n) is 2.40. The van der Waals surface area contributed by atoms with Crippen LogP contribution in [0.25, 0.3) is 11.1 Å². The van der Waals surface area contributed by atoms with Crippen LogP contribution in [-0.4, -0.2) is 17.1 Å². The van der Waals surface area contributed by atoms with Gasteiger partial charge in [0.05, 0.1) is 5.57 Å². The van der Waals surface area contributed by atoms with Crippen molar-refractivity contribution in [1.29, 1.82) is 0 Å². The third-order valence-corrected chi connectivity index (χ3v) is 3.79. The molecule has 0 aliphatic rings. The highest BCUT2D eigenvalue weighted by Crippen LogP contribution is 2.21. The average Bonchev–Trinajstić information content (AvgIpc) is 2.70. The molecule has 0 aliphatic carbocycles. The Bertz CT molecular complexity index is 1040. The number of pyridine rings is 1. The van der Waals surface area contributed by atoms with Gasteiger partial charge in [0, 0.05) is 36.4 Å². The van der Waals surface area contributed by atoms with Crippen molar-refractivity contribution < 1.29 is 4.79 Å². The van der Waals surface area contributed by atoms with E-state index in [-0.39, 0.29) is 11.0 Å². The Morgan fingerprint density at radius 1 is 1.00 bits per heavy atom. The first-order valence-corrected chi connectivity index (χ1v) is 8.27. The van der Waals surface area contributed by atoms with Crippen molar-refractivity contribution in [3.05, 3.63) is 94.9 Å². The Labute approximate surface area is 156 Å². The van der Waals surface area contributed by atoms with Crippen LogP contribution in [0.2, 0.25) is 0 Å². The Kier molecular flexibility index (Phi) is 5.59. The molecule has 0 spiro atoms. The van der Waals surface area contributed by atoms with Crippen LogP contribution in [0.15, 0.2) is 94.5 Å². The first kappa shape index (κ1) is 17.9. The van der Waals surface area contributed by atoms with E-state index in [2.05, 4.69) is 15.3 Å². The second-order valence-electron chi connectivity index (χ2n) is 5.69. The van der Waals surface area contributed by atoms with Gasteiger partial charge in [-0.15, -0.1) is 0 Å². The zero-order valence-corrected chi connectivity index (χ0v) is 14.4. The summed E-state index contributed by atoms with van der Waals surface area (Å²) in [5.41, 5.74) is 8.32. The summed E-state index contributed by atoms with van der Waals surface area (Å²) in [5.74, 6) is -0.0612. The van der Waals surface area contributed by atoms with E-state index in [9.17, 15) is 9.59 Å². The first-order chi connectivity index (χ1) is 13.2. The van der Waals surface area contributed by atoms with E-state index in [0.717, 1.165) is 17.3 Å². The Hall–Kier alpha value is -3.93. The van der Waals surface area contributed by atoms with Gasteiger partial charge in [-0.3, -0.25) is 9.59 Å². The maximum atomic E-state index is 12.4. The molecule has 0 saturated carbocycles. The zero-order chi connectivity index (χ0) is 19.1. The number of aromatic amines is 1. The van der Waals surface area contributed by atoms with Gasteiger partial charge in [0.1, 0.15) is 5.82 Å². The number of H-pyrrole nitrogens is 1. The number of aromatic nitrogens is 1. The fraction of sp³-hybridized carbons (Fsp3) is 0. The first-order valence-electron chi connectivity index (χ1n) is 8.27. The highest BCUT2D eigenvalue weighted by molar-refractivity contribution is 6.18. The molecule has 4 N–H and O–H groups in total. The number of carbonyl (C=O) groups is 1. The molecule has 0 bridgehead atoms. The predicted molar refractivity (Wildman–Crippen MR) is 108 cm³/mol. The minimum absolute atomic E-state index is 0.173. The van der Waals surface area contributed by atoms with E-state index in [1.54, 1.807) is 0 Å². The topological polar surface area (TPSA) is 100 Å². The summed E-state index contributed by atoms with van der Waals surface area (Å²) in [6, 6.07) is 20.2. The monoisotopic (exact) mass is 358 g/mol.